The maximum Gasteiger partial charge on any atom is 0.238 e. The average Bonchev–Trinajstić information content (AvgIpc) is 4.05. The van der Waals surface area contributed by atoms with Crippen LogP contribution in [-0.2, 0) is 6.42 Å². The number of nitrogens with zero attached hydrogens (tertiary/aromatic N) is 4. The van der Waals surface area contributed by atoms with E-state index in [0.717, 1.165) is 111 Å². The zero-order chi connectivity index (χ0) is 47.4. The molecule has 0 fully saturated rings. The third-order valence-corrected chi connectivity index (χ3v) is 13.5. The van der Waals surface area contributed by atoms with E-state index < -0.39 is 0 Å². The van der Waals surface area contributed by atoms with Crippen molar-refractivity contribution in [3.05, 3.63) is 229 Å². The van der Waals surface area contributed by atoms with E-state index in [-0.39, 0.29) is 0 Å². The largest absolute Gasteiger partial charge is 0.456 e. The first-order valence-electron chi connectivity index (χ1n) is 24.4. The quantitative estimate of drug-likeness (QED) is 0.166. The van der Waals surface area contributed by atoms with E-state index in [1.165, 1.54) is 22.9 Å². The molecule has 0 spiro atoms. The molecule has 14 rings (SSSR count). The van der Waals surface area contributed by atoms with Crippen LogP contribution in [0.2, 0.25) is 0 Å². The first-order valence-corrected chi connectivity index (χ1v) is 24.4. The molecular formula is C65H46N4O2. The van der Waals surface area contributed by atoms with Crippen molar-refractivity contribution in [2.75, 3.05) is 0 Å². The lowest BCUT2D eigenvalue weighted by atomic mass is 9.95. The van der Waals surface area contributed by atoms with Crippen LogP contribution < -0.4 is 0 Å². The number of hydrogen-bond donors (Lipinski definition) is 0. The van der Waals surface area contributed by atoms with Crippen LogP contribution in [0.1, 0.15) is 37.2 Å². The Morgan fingerprint density at radius 3 is 1.83 bits per heavy atom. The molecule has 0 aliphatic heterocycles. The summed E-state index contributed by atoms with van der Waals surface area (Å²) in [4.78, 5) is 15.9. The molecule has 0 unspecified atom stereocenters. The fraction of sp³-hybridized carbons (Fsp3) is 0.0615. The molecule has 0 radical (unpaired) electrons. The first-order chi connectivity index (χ1) is 35.1. The summed E-state index contributed by atoms with van der Waals surface area (Å²) >= 11 is 0. The van der Waals surface area contributed by atoms with Crippen molar-refractivity contribution >= 4 is 77.1 Å². The second kappa shape index (κ2) is 17.4. The fourth-order valence-corrected chi connectivity index (χ4v) is 10.3. The number of para-hydroxylation sites is 3. The van der Waals surface area contributed by atoms with Gasteiger partial charge in [-0.05, 0) is 82.1 Å². The molecule has 0 amide bonds. The zero-order valence-corrected chi connectivity index (χ0v) is 39.3. The van der Waals surface area contributed by atoms with Crippen LogP contribution in [0, 0.1) is 0 Å². The second-order valence-corrected chi connectivity index (χ2v) is 18.2. The van der Waals surface area contributed by atoms with Gasteiger partial charge in [-0.15, -0.1) is 0 Å². The van der Waals surface area contributed by atoms with Crippen LogP contribution in [-0.4, -0.2) is 19.5 Å². The van der Waals surface area contributed by atoms with Crippen LogP contribution in [0.4, 0.5) is 0 Å². The van der Waals surface area contributed by atoms with E-state index in [9.17, 15) is 0 Å². The van der Waals surface area contributed by atoms with E-state index in [0.29, 0.717) is 17.6 Å². The summed E-state index contributed by atoms with van der Waals surface area (Å²) in [5.74, 6) is 2.60. The maximum absolute atomic E-state index is 6.38. The van der Waals surface area contributed by atoms with E-state index in [4.69, 9.17) is 23.8 Å². The molecule has 338 valence electrons. The van der Waals surface area contributed by atoms with E-state index in [1.54, 1.807) is 0 Å². The minimum absolute atomic E-state index is 0.533. The third-order valence-electron chi connectivity index (χ3n) is 13.5. The van der Waals surface area contributed by atoms with Gasteiger partial charge in [0.25, 0.3) is 0 Å². The zero-order valence-electron chi connectivity index (χ0n) is 39.3. The SMILES string of the molecule is C1=Cc2oc3ccccc3c2CC=C1c1cccc(-c2cccc(-c3cccc4c5ccc6ccccc6c5n(-c5nc(-c6ccccc6)nc(-c6ccc7c(c6)oc6ccccc67)n5)c34)c2)c1.CCC. The smallest absolute Gasteiger partial charge is 0.238 e. The first kappa shape index (κ1) is 42.0. The number of benzene rings is 9. The number of allylic oxidation sites excluding steroid dienone is 3. The molecule has 13 aromatic rings. The van der Waals surface area contributed by atoms with Gasteiger partial charge in [-0.25, -0.2) is 4.98 Å². The van der Waals surface area contributed by atoms with E-state index in [2.05, 4.69) is 188 Å². The lowest BCUT2D eigenvalue weighted by Crippen LogP contribution is -2.07. The number of furan rings is 2. The predicted molar refractivity (Wildman–Crippen MR) is 294 cm³/mol. The molecule has 71 heavy (non-hydrogen) atoms. The van der Waals surface area contributed by atoms with Gasteiger partial charge < -0.3 is 8.83 Å². The summed E-state index contributed by atoms with van der Waals surface area (Å²) in [6.45, 7) is 4.25. The summed E-state index contributed by atoms with van der Waals surface area (Å²) < 4.78 is 14.9. The Kier molecular flexibility index (Phi) is 10.3. The van der Waals surface area contributed by atoms with E-state index >= 15 is 0 Å². The number of rotatable bonds is 6. The standard InChI is InChI=1S/C62H38N4O2.C3H8/c1-2-14-40(15-3-1)60-63-61(45-29-32-51-49-22-7-9-26-55(49)68-57(51)37-45)65-62(64-60)66-58-46-20-5-4-13-39(46)28-33-53(58)52-24-12-23-47(59(52)66)44-19-11-18-43(36-44)42-17-10-16-41(35-42)38-27-31-50-48-21-6-8-25-54(48)67-56(50)34-30-38;1-3-2/h1-30,32-37H,31H2;3H2,1-2H3. The van der Waals surface area contributed by atoms with Crippen LogP contribution in [0.15, 0.2) is 221 Å². The van der Waals surface area contributed by atoms with Crippen molar-refractivity contribution in [3.63, 3.8) is 0 Å². The minimum Gasteiger partial charge on any atom is -0.456 e. The highest BCUT2D eigenvalue weighted by Gasteiger charge is 2.23. The van der Waals surface area contributed by atoms with Crippen molar-refractivity contribution in [2.45, 2.75) is 26.7 Å². The Bertz CT molecular complexity index is 4260. The third kappa shape index (κ3) is 7.31. The predicted octanol–water partition coefficient (Wildman–Crippen LogP) is 17.5. The minimum atomic E-state index is 0.533. The Labute approximate surface area is 410 Å². The second-order valence-electron chi connectivity index (χ2n) is 18.2. The van der Waals surface area contributed by atoms with Crippen molar-refractivity contribution in [1.29, 1.82) is 0 Å². The van der Waals surface area contributed by atoms with Gasteiger partial charge >= 0.3 is 0 Å². The van der Waals surface area contributed by atoms with Gasteiger partial charge in [-0.1, -0.05) is 196 Å². The molecular weight excluding hydrogens is 869 g/mol. The molecule has 6 nitrogen and oxygen atoms in total. The monoisotopic (exact) mass is 914 g/mol. The van der Waals surface area contributed by atoms with Crippen LogP contribution in [0.5, 0.6) is 0 Å². The highest BCUT2D eigenvalue weighted by Crippen LogP contribution is 2.42. The van der Waals surface area contributed by atoms with Crippen molar-refractivity contribution in [1.82, 2.24) is 19.5 Å². The van der Waals surface area contributed by atoms with Crippen LogP contribution in [0.3, 0.4) is 0 Å². The van der Waals surface area contributed by atoms with Crippen molar-refractivity contribution < 1.29 is 8.83 Å². The Balaban J connectivity index is 0.00000160. The topological polar surface area (TPSA) is 69.9 Å². The molecule has 0 atom stereocenters. The van der Waals surface area contributed by atoms with Crippen molar-refractivity contribution in [2.24, 2.45) is 0 Å². The average molecular weight is 915 g/mol. The molecule has 0 saturated heterocycles. The fourth-order valence-electron chi connectivity index (χ4n) is 10.3. The van der Waals surface area contributed by atoms with Gasteiger partial charge in [-0.3, -0.25) is 4.57 Å². The van der Waals surface area contributed by atoms with Gasteiger partial charge in [0.1, 0.15) is 22.5 Å². The summed E-state index contributed by atoms with van der Waals surface area (Å²) in [5.41, 5.74) is 14.3. The molecule has 0 N–H and O–H groups in total. The molecule has 1 aliphatic carbocycles. The van der Waals surface area contributed by atoms with E-state index in [1.807, 2.05) is 48.5 Å². The lowest BCUT2D eigenvalue weighted by molar-refractivity contribution is 0.600. The van der Waals surface area contributed by atoms with Gasteiger partial charge in [0.15, 0.2) is 11.6 Å². The van der Waals surface area contributed by atoms with Crippen LogP contribution in [0.25, 0.3) is 128 Å². The molecule has 0 bridgehead atoms. The molecule has 6 heteroatoms. The van der Waals surface area contributed by atoms with Crippen LogP contribution >= 0.6 is 0 Å². The normalized spacial score (nSPS) is 12.4. The molecule has 4 aromatic heterocycles. The highest BCUT2D eigenvalue weighted by molar-refractivity contribution is 6.21. The number of fused-ring (bicyclic) bond motifs is 11. The molecule has 9 aromatic carbocycles. The summed E-state index contributed by atoms with van der Waals surface area (Å²) in [6, 6.07) is 70.2. The molecule has 0 saturated carbocycles. The maximum atomic E-state index is 6.38. The number of aromatic nitrogens is 4. The Morgan fingerprint density at radius 2 is 1.01 bits per heavy atom. The molecule has 4 heterocycles. The van der Waals surface area contributed by atoms with Gasteiger partial charge in [0.2, 0.25) is 5.95 Å². The highest BCUT2D eigenvalue weighted by atomic mass is 16.3. The Hall–Kier alpha value is -9.13. The van der Waals surface area contributed by atoms with Crippen molar-refractivity contribution in [3.8, 4) is 51.0 Å². The van der Waals surface area contributed by atoms with Gasteiger partial charge in [0.05, 0.1) is 11.0 Å². The van der Waals surface area contributed by atoms with Gasteiger partial charge in [0, 0.05) is 54.6 Å². The summed E-state index contributed by atoms with van der Waals surface area (Å²) in [5, 5.41) is 7.78. The summed E-state index contributed by atoms with van der Waals surface area (Å²) in [6.07, 6.45) is 8.66. The molecule has 1 aliphatic rings. The summed E-state index contributed by atoms with van der Waals surface area (Å²) in [7, 11) is 0. The Morgan fingerprint density at radius 1 is 0.423 bits per heavy atom. The number of hydrogen-bond acceptors (Lipinski definition) is 5. The lowest BCUT2D eigenvalue weighted by Gasteiger charge is -2.14. The van der Waals surface area contributed by atoms with Gasteiger partial charge in [-0.2, -0.15) is 9.97 Å².